The molecule has 1 rings (SSSR count). The highest BCUT2D eigenvalue weighted by Gasteiger charge is 2.06. The first-order valence-electron chi connectivity index (χ1n) is 8.84. The largest absolute Gasteiger partial charge is 0.356 e. The van der Waals surface area contributed by atoms with Gasteiger partial charge in [0.25, 0.3) is 0 Å². The van der Waals surface area contributed by atoms with E-state index in [-0.39, 0.29) is 29.8 Å². The molecule has 1 aromatic rings. The maximum atomic E-state index is 13.0. The van der Waals surface area contributed by atoms with Gasteiger partial charge >= 0.3 is 0 Å². The van der Waals surface area contributed by atoms with Crippen molar-refractivity contribution in [3.05, 3.63) is 35.6 Å². The van der Waals surface area contributed by atoms with Gasteiger partial charge in [-0.15, -0.1) is 24.0 Å². The first kappa shape index (κ1) is 24.1. The lowest BCUT2D eigenvalue weighted by molar-refractivity contribution is 0.389. The summed E-state index contributed by atoms with van der Waals surface area (Å²) >= 11 is 0. The number of benzene rings is 1. The van der Waals surface area contributed by atoms with E-state index in [1.165, 1.54) is 44.4 Å². The zero-order chi connectivity index (χ0) is 17.8. The van der Waals surface area contributed by atoms with Crippen LogP contribution in [0.1, 0.15) is 37.7 Å². The standard InChI is InChI=1S/C19H33FN4.HI/c1-21-19(22-14-8-6-5-7-9-15-23(2)3)24(4)16-17-10-12-18(20)13-11-17;/h10-13H,5-9,14-16H2,1-4H3,(H,21,22);1H. The Morgan fingerprint density at radius 2 is 1.60 bits per heavy atom. The number of guanidine groups is 1. The van der Waals surface area contributed by atoms with Gasteiger partial charge in [-0.25, -0.2) is 4.39 Å². The van der Waals surface area contributed by atoms with Crippen molar-refractivity contribution >= 4 is 29.9 Å². The minimum atomic E-state index is -0.200. The van der Waals surface area contributed by atoms with Crippen LogP contribution in [0.15, 0.2) is 29.3 Å². The lowest BCUT2D eigenvalue weighted by Gasteiger charge is -2.22. The highest BCUT2D eigenvalue weighted by Crippen LogP contribution is 2.06. The summed E-state index contributed by atoms with van der Waals surface area (Å²) in [5.41, 5.74) is 1.07. The Morgan fingerprint density at radius 3 is 2.20 bits per heavy atom. The van der Waals surface area contributed by atoms with Gasteiger partial charge in [-0.1, -0.05) is 31.4 Å². The number of unbranched alkanes of at least 4 members (excludes halogenated alkanes) is 4. The average Bonchev–Trinajstić information content (AvgIpc) is 2.55. The third-order valence-corrected chi connectivity index (χ3v) is 3.97. The number of rotatable bonds is 10. The molecule has 4 nitrogen and oxygen atoms in total. The van der Waals surface area contributed by atoms with Crippen molar-refractivity contribution in [3.8, 4) is 0 Å². The van der Waals surface area contributed by atoms with E-state index >= 15 is 0 Å². The lowest BCUT2D eigenvalue weighted by Crippen LogP contribution is -2.38. The van der Waals surface area contributed by atoms with Crippen LogP contribution >= 0.6 is 24.0 Å². The fraction of sp³-hybridized carbons (Fsp3) is 0.632. The molecule has 6 heteroatoms. The Hall–Kier alpha value is -0.890. The molecule has 25 heavy (non-hydrogen) atoms. The van der Waals surface area contributed by atoms with Gasteiger partial charge < -0.3 is 15.1 Å². The minimum absolute atomic E-state index is 0. The fourth-order valence-electron chi connectivity index (χ4n) is 2.61. The van der Waals surface area contributed by atoms with E-state index in [1.54, 1.807) is 7.05 Å². The van der Waals surface area contributed by atoms with Crippen LogP contribution in [0.5, 0.6) is 0 Å². The summed E-state index contributed by atoms with van der Waals surface area (Å²) in [6.07, 6.45) is 6.28. The lowest BCUT2D eigenvalue weighted by atomic mass is 10.1. The zero-order valence-corrected chi connectivity index (χ0v) is 18.4. The molecule has 1 aromatic carbocycles. The first-order valence-corrected chi connectivity index (χ1v) is 8.84. The molecule has 0 aromatic heterocycles. The second-order valence-corrected chi connectivity index (χ2v) is 6.53. The van der Waals surface area contributed by atoms with Gasteiger partial charge in [0.2, 0.25) is 0 Å². The van der Waals surface area contributed by atoms with Crippen molar-refractivity contribution < 1.29 is 4.39 Å². The van der Waals surface area contributed by atoms with E-state index in [1.807, 2.05) is 19.2 Å². The molecule has 0 heterocycles. The van der Waals surface area contributed by atoms with Gasteiger partial charge in [0.05, 0.1) is 0 Å². The molecule has 0 amide bonds. The Kier molecular flexibility index (Phi) is 13.8. The van der Waals surface area contributed by atoms with Crippen molar-refractivity contribution in [1.29, 1.82) is 0 Å². The quantitative estimate of drug-likeness (QED) is 0.246. The van der Waals surface area contributed by atoms with Gasteiger partial charge in [-0.3, -0.25) is 4.99 Å². The molecule has 0 bridgehead atoms. The monoisotopic (exact) mass is 464 g/mol. The second kappa shape index (κ2) is 14.3. The van der Waals surface area contributed by atoms with E-state index in [0.29, 0.717) is 6.54 Å². The van der Waals surface area contributed by atoms with Crippen LogP contribution in [0.2, 0.25) is 0 Å². The summed E-state index contributed by atoms with van der Waals surface area (Å²) in [7, 11) is 8.04. The van der Waals surface area contributed by atoms with Crippen LogP contribution in [0, 0.1) is 5.82 Å². The summed E-state index contributed by atoms with van der Waals surface area (Å²) in [6, 6.07) is 6.62. The molecular formula is C19H34FIN4. The predicted molar refractivity (Wildman–Crippen MR) is 116 cm³/mol. The van der Waals surface area contributed by atoms with E-state index in [0.717, 1.165) is 24.5 Å². The second-order valence-electron chi connectivity index (χ2n) is 6.53. The van der Waals surface area contributed by atoms with Crippen LogP contribution in [-0.2, 0) is 6.54 Å². The molecule has 1 N–H and O–H groups in total. The SMILES string of the molecule is CN=C(NCCCCCCCN(C)C)N(C)Cc1ccc(F)cc1.I. The van der Waals surface area contributed by atoms with Gasteiger partial charge in [0.15, 0.2) is 5.96 Å². The van der Waals surface area contributed by atoms with Gasteiger partial charge in [-0.2, -0.15) is 0 Å². The van der Waals surface area contributed by atoms with Crippen molar-refractivity contribution in [2.24, 2.45) is 4.99 Å². The maximum absolute atomic E-state index is 13.0. The first-order chi connectivity index (χ1) is 11.5. The molecule has 0 aliphatic rings. The molecule has 0 spiro atoms. The highest BCUT2D eigenvalue weighted by atomic mass is 127. The Labute approximate surface area is 169 Å². The Balaban J connectivity index is 0.00000576. The number of nitrogens with one attached hydrogen (secondary N) is 1. The summed E-state index contributed by atoms with van der Waals surface area (Å²) in [6.45, 7) is 2.83. The fourth-order valence-corrected chi connectivity index (χ4v) is 2.61. The topological polar surface area (TPSA) is 30.9 Å². The summed E-state index contributed by atoms with van der Waals surface area (Å²) < 4.78 is 13.0. The number of aliphatic imine (C=N–C) groups is 1. The van der Waals surface area contributed by atoms with E-state index in [2.05, 4.69) is 34.2 Å². The van der Waals surface area contributed by atoms with Crippen molar-refractivity contribution in [1.82, 2.24) is 15.1 Å². The third-order valence-electron chi connectivity index (χ3n) is 3.97. The number of nitrogens with zero attached hydrogens (tertiary/aromatic N) is 3. The molecule has 0 saturated carbocycles. The van der Waals surface area contributed by atoms with Crippen LogP contribution in [0.25, 0.3) is 0 Å². The van der Waals surface area contributed by atoms with Gasteiger partial charge in [0.1, 0.15) is 5.82 Å². The molecule has 0 saturated heterocycles. The molecule has 0 unspecified atom stereocenters. The highest BCUT2D eigenvalue weighted by molar-refractivity contribution is 14.0. The van der Waals surface area contributed by atoms with E-state index in [4.69, 9.17) is 0 Å². The number of halogens is 2. The third kappa shape index (κ3) is 11.4. The van der Waals surface area contributed by atoms with Crippen LogP contribution < -0.4 is 5.32 Å². The summed E-state index contributed by atoms with van der Waals surface area (Å²) in [4.78, 5) is 8.62. The average molecular weight is 464 g/mol. The normalized spacial score (nSPS) is 11.4. The molecular weight excluding hydrogens is 430 g/mol. The molecule has 0 aliphatic carbocycles. The molecule has 0 atom stereocenters. The van der Waals surface area contributed by atoms with Gasteiger partial charge in [0, 0.05) is 27.2 Å². The predicted octanol–water partition coefficient (Wildman–Crippen LogP) is 3.96. The van der Waals surface area contributed by atoms with Crippen LogP contribution in [0.3, 0.4) is 0 Å². The molecule has 0 fully saturated rings. The molecule has 0 aliphatic heterocycles. The minimum Gasteiger partial charge on any atom is -0.356 e. The summed E-state index contributed by atoms with van der Waals surface area (Å²) in [5, 5.41) is 3.40. The Morgan fingerprint density at radius 1 is 1.00 bits per heavy atom. The van der Waals surface area contributed by atoms with Crippen molar-refractivity contribution in [3.63, 3.8) is 0 Å². The van der Waals surface area contributed by atoms with Crippen LogP contribution in [-0.4, -0.2) is 57.0 Å². The van der Waals surface area contributed by atoms with E-state index < -0.39 is 0 Å². The Bertz CT molecular complexity index is 477. The van der Waals surface area contributed by atoms with Gasteiger partial charge in [-0.05, 0) is 51.2 Å². The van der Waals surface area contributed by atoms with E-state index in [9.17, 15) is 4.39 Å². The van der Waals surface area contributed by atoms with Crippen molar-refractivity contribution in [2.75, 3.05) is 41.3 Å². The zero-order valence-electron chi connectivity index (χ0n) is 16.1. The smallest absolute Gasteiger partial charge is 0.193 e. The number of hydrogen-bond acceptors (Lipinski definition) is 2. The molecule has 0 radical (unpaired) electrons. The molecule has 144 valence electrons. The van der Waals surface area contributed by atoms with Crippen LogP contribution in [0.4, 0.5) is 4.39 Å². The summed E-state index contributed by atoms with van der Waals surface area (Å²) in [5.74, 6) is 0.682. The van der Waals surface area contributed by atoms with Crippen molar-refractivity contribution in [2.45, 2.75) is 38.6 Å². The number of hydrogen-bond donors (Lipinski definition) is 1. The maximum Gasteiger partial charge on any atom is 0.193 e.